The fourth-order valence-corrected chi connectivity index (χ4v) is 5.43. The minimum atomic E-state index is 0.105. The molecule has 0 bridgehead atoms. The molecule has 0 radical (unpaired) electrons. The van der Waals surface area contributed by atoms with Gasteiger partial charge in [0.1, 0.15) is 0 Å². The van der Waals surface area contributed by atoms with E-state index in [-0.39, 0.29) is 11.4 Å². The number of nitrogens with zero attached hydrogens (tertiary/aromatic N) is 1. The van der Waals surface area contributed by atoms with Gasteiger partial charge in [-0.05, 0) is 42.7 Å². The van der Waals surface area contributed by atoms with Gasteiger partial charge in [-0.25, -0.2) is 0 Å². The van der Waals surface area contributed by atoms with Crippen LogP contribution in [0.3, 0.4) is 0 Å². The Hall–Kier alpha value is -0.460. The van der Waals surface area contributed by atoms with Gasteiger partial charge in [0.05, 0.1) is 23.3 Å². The van der Waals surface area contributed by atoms with E-state index in [2.05, 4.69) is 10.2 Å². The molecule has 1 aromatic carbocycles. The van der Waals surface area contributed by atoms with E-state index in [0.29, 0.717) is 16.5 Å². The highest BCUT2D eigenvalue weighted by Gasteiger charge is 2.40. The summed E-state index contributed by atoms with van der Waals surface area (Å²) < 4.78 is 5.49. The number of rotatable bonds is 7. The van der Waals surface area contributed by atoms with Crippen molar-refractivity contribution in [3.05, 3.63) is 33.8 Å². The molecule has 2 aliphatic rings. The van der Waals surface area contributed by atoms with Crippen LogP contribution in [0.5, 0.6) is 0 Å². The molecule has 2 fully saturated rings. The number of morpholine rings is 1. The van der Waals surface area contributed by atoms with Crippen molar-refractivity contribution in [3.63, 3.8) is 0 Å². The third-order valence-corrected chi connectivity index (χ3v) is 7.21. The SMILES string of the molecule is O=C(CCCc1ccc(Cl)c(Cl)c1)NCC1(N2CCOCC2)CCSC1. The highest BCUT2D eigenvalue weighted by atomic mass is 35.5. The van der Waals surface area contributed by atoms with Gasteiger partial charge in [0.25, 0.3) is 0 Å². The number of aryl methyl sites for hydroxylation is 1. The van der Waals surface area contributed by atoms with Crippen LogP contribution in [0.25, 0.3) is 0 Å². The van der Waals surface area contributed by atoms with Gasteiger partial charge in [0.15, 0.2) is 0 Å². The molecule has 2 heterocycles. The van der Waals surface area contributed by atoms with Gasteiger partial charge in [-0.15, -0.1) is 0 Å². The summed E-state index contributed by atoms with van der Waals surface area (Å²) in [5.41, 5.74) is 1.22. The molecule has 0 aliphatic carbocycles. The quantitative estimate of drug-likeness (QED) is 0.736. The van der Waals surface area contributed by atoms with Gasteiger partial charge in [0, 0.05) is 37.3 Å². The lowest BCUT2D eigenvalue weighted by Crippen LogP contribution is -2.59. The second-order valence-electron chi connectivity index (χ2n) is 7.01. The Labute approximate surface area is 169 Å². The molecule has 26 heavy (non-hydrogen) atoms. The normalized spacial score (nSPS) is 23.9. The van der Waals surface area contributed by atoms with Gasteiger partial charge < -0.3 is 10.1 Å². The van der Waals surface area contributed by atoms with Gasteiger partial charge in [0.2, 0.25) is 5.91 Å². The molecule has 1 unspecified atom stereocenters. The number of carbonyl (C=O) groups is 1. The molecular weight excluding hydrogens is 391 g/mol. The lowest BCUT2D eigenvalue weighted by Gasteiger charge is -2.43. The Morgan fingerprint density at radius 2 is 2.08 bits per heavy atom. The summed E-state index contributed by atoms with van der Waals surface area (Å²) in [7, 11) is 0. The van der Waals surface area contributed by atoms with Crippen LogP contribution in [0, 0.1) is 0 Å². The minimum absolute atomic E-state index is 0.105. The summed E-state index contributed by atoms with van der Waals surface area (Å²) in [6.45, 7) is 4.27. The van der Waals surface area contributed by atoms with E-state index in [0.717, 1.165) is 63.4 Å². The second kappa shape index (κ2) is 9.65. The molecule has 144 valence electrons. The fourth-order valence-electron chi connectivity index (χ4n) is 3.63. The number of benzene rings is 1. The molecule has 0 spiro atoms. The van der Waals surface area contributed by atoms with Crippen LogP contribution >= 0.6 is 35.0 Å². The smallest absolute Gasteiger partial charge is 0.220 e. The average molecular weight is 417 g/mol. The summed E-state index contributed by atoms with van der Waals surface area (Å²) >= 11 is 14.0. The Kier molecular flexibility index (Phi) is 7.53. The number of halogens is 2. The Bertz CT molecular complexity index is 618. The summed E-state index contributed by atoms with van der Waals surface area (Å²) in [5.74, 6) is 2.40. The predicted octanol–water partition coefficient (Wildman–Crippen LogP) is 3.64. The first-order valence-corrected chi connectivity index (χ1v) is 11.1. The summed E-state index contributed by atoms with van der Waals surface area (Å²) in [6.07, 6.45) is 3.31. The molecule has 1 amide bonds. The molecule has 0 aromatic heterocycles. The van der Waals surface area contributed by atoms with E-state index in [1.165, 1.54) is 5.75 Å². The van der Waals surface area contributed by atoms with Crippen molar-refractivity contribution in [1.82, 2.24) is 10.2 Å². The van der Waals surface area contributed by atoms with E-state index < -0.39 is 0 Å². The maximum atomic E-state index is 12.3. The molecule has 4 nitrogen and oxygen atoms in total. The number of carbonyl (C=O) groups excluding carboxylic acids is 1. The molecular formula is C19H26Cl2N2O2S. The third-order valence-electron chi connectivity index (χ3n) is 5.23. The first kappa shape index (κ1) is 20.3. The molecule has 2 saturated heterocycles. The van der Waals surface area contributed by atoms with Crippen molar-refractivity contribution >= 4 is 40.9 Å². The van der Waals surface area contributed by atoms with Crippen molar-refractivity contribution in [2.45, 2.75) is 31.2 Å². The Balaban J connectivity index is 1.44. The van der Waals surface area contributed by atoms with Crippen molar-refractivity contribution in [2.24, 2.45) is 0 Å². The molecule has 1 N–H and O–H groups in total. The monoisotopic (exact) mass is 416 g/mol. The number of ether oxygens (including phenoxy) is 1. The van der Waals surface area contributed by atoms with E-state index in [4.69, 9.17) is 27.9 Å². The first-order chi connectivity index (χ1) is 12.6. The van der Waals surface area contributed by atoms with Gasteiger partial charge in [-0.2, -0.15) is 11.8 Å². The molecule has 1 atom stereocenters. The Morgan fingerprint density at radius 1 is 1.27 bits per heavy atom. The van der Waals surface area contributed by atoms with Crippen molar-refractivity contribution in [2.75, 3.05) is 44.4 Å². The van der Waals surface area contributed by atoms with Crippen LogP contribution in [0.1, 0.15) is 24.8 Å². The molecule has 3 rings (SSSR count). The number of nitrogens with one attached hydrogen (secondary N) is 1. The van der Waals surface area contributed by atoms with Crippen LogP contribution in [0.4, 0.5) is 0 Å². The van der Waals surface area contributed by atoms with Crippen molar-refractivity contribution in [1.29, 1.82) is 0 Å². The van der Waals surface area contributed by atoms with Crippen molar-refractivity contribution < 1.29 is 9.53 Å². The van der Waals surface area contributed by atoms with Crippen LogP contribution in [0.2, 0.25) is 10.0 Å². The maximum Gasteiger partial charge on any atom is 0.220 e. The second-order valence-corrected chi connectivity index (χ2v) is 8.92. The predicted molar refractivity (Wildman–Crippen MR) is 109 cm³/mol. The van der Waals surface area contributed by atoms with Crippen LogP contribution in [-0.4, -0.2) is 60.7 Å². The van der Waals surface area contributed by atoms with E-state index in [9.17, 15) is 4.79 Å². The molecule has 0 saturated carbocycles. The van der Waals surface area contributed by atoms with Crippen LogP contribution in [-0.2, 0) is 16.0 Å². The maximum absolute atomic E-state index is 12.3. The number of thioether (sulfide) groups is 1. The zero-order valence-corrected chi connectivity index (χ0v) is 17.3. The summed E-state index contributed by atoms with van der Waals surface area (Å²) in [4.78, 5) is 14.8. The van der Waals surface area contributed by atoms with Gasteiger partial charge in [-0.3, -0.25) is 9.69 Å². The van der Waals surface area contributed by atoms with Crippen LogP contribution < -0.4 is 5.32 Å². The van der Waals surface area contributed by atoms with E-state index in [1.54, 1.807) is 0 Å². The number of amides is 1. The standard InChI is InChI=1S/C19H26Cl2N2O2S/c20-16-5-4-15(12-17(16)21)2-1-3-18(24)22-13-19(6-11-26-14-19)23-7-9-25-10-8-23/h4-5,12H,1-3,6-11,13-14H2,(H,22,24). The number of hydrogen-bond donors (Lipinski definition) is 1. The zero-order chi connectivity index (χ0) is 18.4. The largest absolute Gasteiger partial charge is 0.379 e. The highest BCUT2D eigenvalue weighted by Crippen LogP contribution is 2.33. The Morgan fingerprint density at radius 3 is 2.77 bits per heavy atom. The lowest BCUT2D eigenvalue weighted by atomic mass is 9.95. The van der Waals surface area contributed by atoms with Crippen molar-refractivity contribution in [3.8, 4) is 0 Å². The topological polar surface area (TPSA) is 41.6 Å². The summed E-state index contributed by atoms with van der Waals surface area (Å²) in [6, 6.07) is 5.66. The highest BCUT2D eigenvalue weighted by molar-refractivity contribution is 7.99. The van der Waals surface area contributed by atoms with E-state index in [1.807, 2.05) is 30.0 Å². The number of hydrogen-bond acceptors (Lipinski definition) is 4. The van der Waals surface area contributed by atoms with Crippen LogP contribution in [0.15, 0.2) is 18.2 Å². The van der Waals surface area contributed by atoms with Gasteiger partial charge in [-0.1, -0.05) is 29.3 Å². The average Bonchev–Trinajstić information content (AvgIpc) is 3.14. The molecule has 7 heteroatoms. The first-order valence-electron chi connectivity index (χ1n) is 9.20. The lowest BCUT2D eigenvalue weighted by molar-refractivity contribution is -0.122. The minimum Gasteiger partial charge on any atom is -0.379 e. The summed E-state index contributed by atoms with van der Waals surface area (Å²) in [5, 5.41) is 4.32. The van der Waals surface area contributed by atoms with Gasteiger partial charge >= 0.3 is 0 Å². The van der Waals surface area contributed by atoms with E-state index >= 15 is 0 Å². The fraction of sp³-hybridized carbons (Fsp3) is 0.632. The molecule has 1 aromatic rings. The molecule has 2 aliphatic heterocycles. The third kappa shape index (κ3) is 5.29. The zero-order valence-electron chi connectivity index (χ0n) is 14.9.